The Labute approximate surface area is 392 Å². The molecule has 4 atom stereocenters. The zero-order chi connectivity index (χ0) is 49.3. The number of benzene rings is 4. The summed E-state index contributed by atoms with van der Waals surface area (Å²) >= 11 is 0. The van der Waals surface area contributed by atoms with Crippen molar-refractivity contribution in [2.75, 3.05) is 10.6 Å². The summed E-state index contributed by atoms with van der Waals surface area (Å²) < 4.78 is 82.2. The molecule has 0 spiro atoms. The fourth-order valence-corrected chi connectivity index (χ4v) is 10.7. The molecule has 8 rings (SSSR count). The summed E-state index contributed by atoms with van der Waals surface area (Å²) in [6, 6.07) is 21.9. The van der Waals surface area contributed by atoms with Crippen LogP contribution in [0.4, 0.5) is 49.6 Å². The molecule has 2 saturated carbocycles. The van der Waals surface area contributed by atoms with Gasteiger partial charge in [-0.25, -0.2) is 9.97 Å². The number of aryl methyl sites for hydroxylation is 2. The Morgan fingerprint density at radius 3 is 1.25 bits per heavy atom. The highest BCUT2D eigenvalue weighted by atomic mass is 19.4. The monoisotopic (exact) mass is 946 g/mol. The molecule has 2 aliphatic carbocycles. The maximum atomic E-state index is 13.0. The number of rotatable bonds is 12. The van der Waals surface area contributed by atoms with E-state index < -0.39 is 35.4 Å². The summed E-state index contributed by atoms with van der Waals surface area (Å²) in [5.41, 5.74) is 5.11. The van der Waals surface area contributed by atoms with Crippen molar-refractivity contribution in [1.29, 1.82) is 0 Å². The zero-order valence-electron chi connectivity index (χ0n) is 39.2. The van der Waals surface area contributed by atoms with Crippen LogP contribution in [-0.4, -0.2) is 41.3 Å². The summed E-state index contributed by atoms with van der Waals surface area (Å²) in [7, 11) is 0. The Kier molecular flexibility index (Phi) is 14.3. The van der Waals surface area contributed by atoms with Gasteiger partial charge in [0, 0.05) is 36.3 Å². The van der Waals surface area contributed by atoms with Gasteiger partial charge in [-0.15, -0.1) is 0 Å². The number of nitrogens with one attached hydrogen (secondary N) is 2. The van der Waals surface area contributed by atoms with Crippen LogP contribution < -0.4 is 10.6 Å². The van der Waals surface area contributed by atoms with E-state index in [0.717, 1.165) is 96.0 Å². The first kappa shape index (κ1) is 49.8. The van der Waals surface area contributed by atoms with E-state index in [1.165, 1.54) is 24.3 Å². The number of alkyl halides is 6. The second-order valence-electron chi connectivity index (χ2n) is 20.6. The van der Waals surface area contributed by atoms with E-state index in [1.54, 1.807) is 0 Å². The molecule has 2 heterocycles. The molecular weight excluding hydrogens is 887 g/mol. The van der Waals surface area contributed by atoms with Crippen LogP contribution in [0.15, 0.2) is 84.9 Å². The Bertz CT molecular complexity index is 2550. The number of carbonyl (C=O) groups is 2. The minimum atomic E-state index is -4.39. The Morgan fingerprint density at radius 2 is 0.941 bits per heavy atom. The van der Waals surface area contributed by atoms with Gasteiger partial charge in [-0.2, -0.15) is 26.3 Å². The summed E-state index contributed by atoms with van der Waals surface area (Å²) in [4.78, 5) is 31.6. The smallest absolute Gasteiger partial charge is 0.416 e. The number of anilines is 4. The van der Waals surface area contributed by atoms with Gasteiger partial charge in [0.1, 0.15) is 0 Å². The molecule has 0 saturated heterocycles. The highest BCUT2D eigenvalue weighted by Crippen LogP contribution is 2.48. The molecule has 2 fully saturated rings. The Balaban J connectivity index is 0.000000201. The lowest BCUT2D eigenvalue weighted by Crippen LogP contribution is -2.29. The van der Waals surface area contributed by atoms with Gasteiger partial charge < -0.3 is 30.0 Å². The minimum absolute atomic E-state index is 0.0389. The number of fused-ring (bicyclic) bond motifs is 2. The summed E-state index contributed by atoms with van der Waals surface area (Å²) in [6.45, 7) is 13.6. The van der Waals surface area contributed by atoms with Crippen LogP contribution in [0.5, 0.6) is 0 Å². The number of hydrogen-bond donors (Lipinski definition) is 4. The zero-order valence-corrected chi connectivity index (χ0v) is 39.2. The van der Waals surface area contributed by atoms with Crippen LogP contribution in [-0.2, 0) is 34.8 Å². The first-order chi connectivity index (χ1) is 31.8. The average Bonchev–Trinajstić information content (AvgIpc) is 3.77. The quantitative estimate of drug-likeness (QED) is 0.0891. The molecule has 10 nitrogen and oxygen atoms in total. The van der Waals surface area contributed by atoms with Crippen LogP contribution in [0.1, 0.15) is 127 Å². The van der Waals surface area contributed by atoms with Crippen molar-refractivity contribution in [2.24, 2.45) is 22.7 Å². The van der Waals surface area contributed by atoms with E-state index in [4.69, 9.17) is 20.2 Å². The van der Waals surface area contributed by atoms with Crippen molar-refractivity contribution < 1.29 is 46.1 Å². The first-order valence-electron chi connectivity index (χ1n) is 23.2. The largest absolute Gasteiger partial charge is 0.481 e. The van der Waals surface area contributed by atoms with Gasteiger partial charge in [-0.05, 0) is 158 Å². The van der Waals surface area contributed by atoms with E-state index in [1.807, 2.05) is 36.4 Å². The van der Waals surface area contributed by atoms with Crippen molar-refractivity contribution in [3.05, 3.63) is 107 Å². The number of aliphatic carboxylic acids is 2. The standard InChI is InChI=1S/2C26H30F3N3O2/c2*1-16-12-20(15-25(2,3)14-16)32-22-10-4-17(5-11-23(33)34)13-21(22)31-24(32)30-19-8-6-18(7-9-19)26(27,28)29/h2*4,6-10,13,16,20H,5,11-12,14-15H2,1-3H3,(H,30,31)(H,33,34)/t2*16-,20+/m10/s1. The van der Waals surface area contributed by atoms with Gasteiger partial charge in [0.2, 0.25) is 11.9 Å². The van der Waals surface area contributed by atoms with Gasteiger partial charge in [-0.1, -0.05) is 53.7 Å². The molecule has 0 unspecified atom stereocenters. The third kappa shape index (κ3) is 12.3. The van der Waals surface area contributed by atoms with Crippen LogP contribution in [0, 0.1) is 22.7 Å². The summed E-state index contributed by atoms with van der Waals surface area (Å²) in [5.74, 6) is 0.516. The molecule has 0 amide bonds. The second kappa shape index (κ2) is 19.5. The van der Waals surface area contributed by atoms with E-state index in [9.17, 15) is 35.9 Å². The van der Waals surface area contributed by atoms with Gasteiger partial charge in [0.05, 0.1) is 33.2 Å². The fourth-order valence-electron chi connectivity index (χ4n) is 10.7. The van der Waals surface area contributed by atoms with E-state index in [0.29, 0.717) is 47.9 Å². The van der Waals surface area contributed by atoms with Gasteiger partial charge in [0.15, 0.2) is 0 Å². The van der Waals surface area contributed by atoms with Crippen molar-refractivity contribution in [2.45, 2.75) is 130 Å². The molecule has 0 radical (unpaired) electrons. The SMILES string of the molecule is C[C@@H]1C[C@H](n2c(Nc3ccc(C(F)(F)F)cc3)nc3cc(CCC(=O)O)ccc32)CC(C)(C)C1.C[C@H]1C[C@@H](n2c(Nc3ccc(C(F)(F)F)cc3)nc3cc(CCC(=O)O)ccc32)CC(C)(C)C1. The van der Waals surface area contributed by atoms with E-state index in [-0.39, 0.29) is 35.8 Å². The van der Waals surface area contributed by atoms with Crippen molar-refractivity contribution >= 4 is 57.3 Å². The number of nitrogens with zero attached hydrogens (tertiary/aromatic N) is 4. The molecule has 68 heavy (non-hydrogen) atoms. The third-order valence-corrected chi connectivity index (χ3v) is 13.2. The molecule has 4 N–H and O–H groups in total. The number of carboxylic acids is 2. The van der Waals surface area contributed by atoms with Crippen molar-refractivity contribution in [1.82, 2.24) is 19.1 Å². The molecule has 4 aromatic carbocycles. The first-order valence-corrected chi connectivity index (χ1v) is 23.2. The predicted molar refractivity (Wildman–Crippen MR) is 252 cm³/mol. The Morgan fingerprint density at radius 1 is 0.588 bits per heavy atom. The van der Waals surface area contributed by atoms with Crippen LogP contribution in [0.2, 0.25) is 0 Å². The minimum Gasteiger partial charge on any atom is -0.481 e. The number of hydrogen-bond acceptors (Lipinski definition) is 6. The lowest BCUT2D eigenvalue weighted by molar-refractivity contribution is -0.138. The summed E-state index contributed by atoms with van der Waals surface area (Å²) in [5, 5.41) is 24.5. The lowest BCUT2D eigenvalue weighted by Gasteiger charge is -2.40. The highest BCUT2D eigenvalue weighted by Gasteiger charge is 2.37. The van der Waals surface area contributed by atoms with Gasteiger partial charge in [-0.3, -0.25) is 9.59 Å². The van der Waals surface area contributed by atoms with Crippen LogP contribution >= 0.6 is 0 Å². The van der Waals surface area contributed by atoms with Crippen LogP contribution in [0.25, 0.3) is 22.1 Å². The fraction of sp³-hybridized carbons (Fsp3) is 0.462. The molecule has 0 aliphatic heterocycles. The van der Waals surface area contributed by atoms with Crippen molar-refractivity contribution in [3.63, 3.8) is 0 Å². The number of imidazole rings is 2. The van der Waals surface area contributed by atoms with Gasteiger partial charge >= 0.3 is 24.3 Å². The number of aromatic nitrogens is 4. The topological polar surface area (TPSA) is 134 Å². The molecule has 364 valence electrons. The van der Waals surface area contributed by atoms with Gasteiger partial charge in [0.25, 0.3) is 0 Å². The predicted octanol–water partition coefficient (Wildman–Crippen LogP) is 14.4. The number of carboxylic acid groups (broad SMARTS) is 2. The molecule has 2 aromatic heterocycles. The highest BCUT2D eigenvalue weighted by molar-refractivity contribution is 5.82. The lowest BCUT2D eigenvalue weighted by atomic mass is 9.70. The molecular formula is C52H60F6N6O4. The second-order valence-corrected chi connectivity index (χ2v) is 20.6. The maximum absolute atomic E-state index is 13.0. The molecule has 6 aromatic rings. The molecule has 2 aliphatic rings. The van der Waals surface area contributed by atoms with E-state index >= 15 is 0 Å². The third-order valence-electron chi connectivity index (χ3n) is 13.2. The summed E-state index contributed by atoms with van der Waals surface area (Å²) in [6.07, 6.45) is -1.71. The van der Waals surface area contributed by atoms with Crippen molar-refractivity contribution in [3.8, 4) is 0 Å². The van der Waals surface area contributed by atoms with Crippen LogP contribution in [0.3, 0.4) is 0 Å². The Hall–Kier alpha value is -6.06. The molecule has 16 heteroatoms. The normalized spacial score (nSPS) is 20.4. The van der Waals surface area contributed by atoms with E-state index in [2.05, 4.69) is 61.3 Å². The molecule has 0 bridgehead atoms. The average molecular weight is 947 g/mol. The number of halogens is 6. The maximum Gasteiger partial charge on any atom is 0.416 e.